The van der Waals surface area contributed by atoms with E-state index in [1.807, 2.05) is 25.1 Å². The van der Waals surface area contributed by atoms with Gasteiger partial charge in [0.25, 0.3) is 5.56 Å². The molecule has 0 unspecified atom stereocenters. The van der Waals surface area contributed by atoms with Gasteiger partial charge in [-0.3, -0.25) is 9.78 Å². The molecule has 20 heavy (non-hydrogen) atoms. The fourth-order valence-corrected chi connectivity index (χ4v) is 2.33. The monoisotopic (exact) mass is 264 g/mol. The zero-order valence-corrected chi connectivity index (χ0v) is 10.9. The third kappa shape index (κ3) is 1.91. The molecular weight excluding hydrogens is 252 g/mol. The van der Waals surface area contributed by atoms with Gasteiger partial charge in [-0.2, -0.15) is 0 Å². The van der Waals surface area contributed by atoms with Gasteiger partial charge in [-0.25, -0.2) is 4.98 Å². The largest absolute Gasteiger partial charge is 0.516 e. The average molecular weight is 264 g/mol. The summed E-state index contributed by atoms with van der Waals surface area (Å²) in [7, 11) is 0. The lowest BCUT2D eigenvalue weighted by Crippen LogP contribution is -2.01. The van der Waals surface area contributed by atoms with Gasteiger partial charge in [0.15, 0.2) is 0 Å². The molecule has 0 spiro atoms. The number of aromatic nitrogens is 2. The molecule has 3 rings (SSSR count). The molecule has 0 radical (unpaired) electrons. The molecule has 0 aliphatic heterocycles. The van der Waals surface area contributed by atoms with Crippen LogP contribution in [0.5, 0.6) is 0 Å². The van der Waals surface area contributed by atoms with E-state index in [9.17, 15) is 4.79 Å². The highest BCUT2D eigenvalue weighted by atomic mass is 16.2. The van der Waals surface area contributed by atoms with Crippen molar-refractivity contribution in [2.75, 3.05) is 0 Å². The van der Waals surface area contributed by atoms with Crippen LogP contribution in [-0.2, 0) is 0 Å². The summed E-state index contributed by atoms with van der Waals surface area (Å²) in [5.41, 5.74) is 2.10. The minimum atomic E-state index is -0.297. The Hall–Kier alpha value is -2.75. The predicted octanol–water partition coefficient (Wildman–Crippen LogP) is 2.98. The summed E-state index contributed by atoms with van der Waals surface area (Å²) in [4.78, 5) is 20.4. The molecule has 1 N–H and O–H groups in total. The van der Waals surface area contributed by atoms with Crippen LogP contribution >= 0.6 is 0 Å². The number of rotatable bonds is 1. The molecule has 0 saturated carbocycles. The molecular formula is C16H12N2O2. The Morgan fingerprint density at radius 1 is 1.15 bits per heavy atom. The standard InChI is InChI=1S/C16H12N2O2/c1-10-2-3-15-13(8-10)11(5-7-19)14-9-17-6-4-12(14)16(20)18-15/h2-9,19H,1H3/b7-5+. The smallest absolute Gasteiger partial charge is 0.278 e. The number of benzene rings is 1. The minimum Gasteiger partial charge on any atom is -0.516 e. The van der Waals surface area contributed by atoms with E-state index >= 15 is 0 Å². The maximum absolute atomic E-state index is 12.2. The normalized spacial score (nSPS) is 11.4. The SMILES string of the molecule is Cc1ccc2nc(=O)c3ccncc3c(/C=C/O)c2c1. The molecule has 0 fully saturated rings. The zero-order chi connectivity index (χ0) is 14.1. The van der Waals surface area contributed by atoms with Crippen LogP contribution in [0.2, 0.25) is 0 Å². The van der Waals surface area contributed by atoms with E-state index < -0.39 is 0 Å². The molecule has 98 valence electrons. The van der Waals surface area contributed by atoms with Gasteiger partial charge in [-0.05, 0) is 36.8 Å². The lowest BCUT2D eigenvalue weighted by molar-refractivity contribution is 0.478. The second-order valence-corrected chi connectivity index (χ2v) is 4.59. The molecule has 4 nitrogen and oxygen atoms in total. The van der Waals surface area contributed by atoms with Gasteiger partial charge < -0.3 is 5.11 Å². The molecule has 3 aromatic rings. The highest BCUT2D eigenvalue weighted by molar-refractivity contribution is 6.00. The topological polar surface area (TPSA) is 63.1 Å². The summed E-state index contributed by atoms with van der Waals surface area (Å²) in [6.45, 7) is 1.97. The first-order chi connectivity index (χ1) is 9.70. The van der Waals surface area contributed by atoms with Gasteiger partial charge in [0.1, 0.15) is 0 Å². The number of fused-ring (bicyclic) bond motifs is 2. The molecule has 0 saturated heterocycles. The van der Waals surface area contributed by atoms with E-state index in [0.29, 0.717) is 16.3 Å². The van der Waals surface area contributed by atoms with Crippen molar-refractivity contribution < 1.29 is 5.11 Å². The van der Waals surface area contributed by atoms with Crippen LogP contribution in [-0.4, -0.2) is 15.1 Å². The lowest BCUT2D eigenvalue weighted by Gasteiger charge is -2.00. The van der Waals surface area contributed by atoms with Crippen molar-refractivity contribution in [3.8, 4) is 0 Å². The van der Waals surface area contributed by atoms with E-state index in [4.69, 9.17) is 5.11 Å². The van der Waals surface area contributed by atoms with E-state index in [2.05, 4.69) is 9.97 Å². The Labute approximate surface area is 115 Å². The Morgan fingerprint density at radius 2 is 2.00 bits per heavy atom. The summed E-state index contributed by atoms with van der Waals surface area (Å²) in [5, 5.41) is 11.1. The second-order valence-electron chi connectivity index (χ2n) is 4.59. The van der Waals surface area contributed by atoms with Crippen molar-refractivity contribution in [3.05, 3.63) is 64.4 Å². The maximum atomic E-state index is 12.2. The number of aryl methyl sites for hydroxylation is 1. The van der Waals surface area contributed by atoms with Crippen molar-refractivity contribution in [3.63, 3.8) is 0 Å². The Balaban J connectivity index is 2.69. The van der Waals surface area contributed by atoms with Crippen LogP contribution in [0, 0.1) is 6.92 Å². The summed E-state index contributed by atoms with van der Waals surface area (Å²) >= 11 is 0. The fourth-order valence-electron chi connectivity index (χ4n) is 2.33. The van der Waals surface area contributed by atoms with E-state index in [-0.39, 0.29) is 5.56 Å². The highest BCUT2D eigenvalue weighted by Gasteiger charge is 2.07. The van der Waals surface area contributed by atoms with Crippen LogP contribution in [0.4, 0.5) is 0 Å². The third-order valence-corrected chi connectivity index (χ3v) is 3.25. The molecule has 4 heteroatoms. The maximum Gasteiger partial charge on any atom is 0.278 e. The van der Waals surface area contributed by atoms with Gasteiger partial charge >= 0.3 is 0 Å². The molecule has 0 aliphatic rings. The van der Waals surface area contributed by atoms with Gasteiger partial charge in [-0.15, -0.1) is 0 Å². The van der Waals surface area contributed by atoms with Crippen LogP contribution in [0.1, 0.15) is 11.1 Å². The first-order valence-electron chi connectivity index (χ1n) is 6.20. The first kappa shape index (κ1) is 12.3. The molecule has 0 aliphatic carbocycles. The highest BCUT2D eigenvalue weighted by Crippen LogP contribution is 2.24. The first-order valence-corrected chi connectivity index (χ1v) is 6.20. The van der Waals surface area contributed by atoms with E-state index in [0.717, 1.165) is 22.8 Å². The van der Waals surface area contributed by atoms with Crippen LogP contribution in [0.25, 0.3) is 27.8 Å². The van der Waals surface area contributed by atoms with E-state index in [1.165, 1.54) is 0 Å². The van der Waals surface area contributed by atoms with Crippen LogP contribution < -0.4 is 5.56 Å². The van der Waals surface area contributed by atoms with Gasteiger partial charge in [0.05, 0.1) is 17.2 Å². The van der Waals surface area contributed by atoms with Crippen LogP contribution in [0.3, 0.4) is 0 Å². The second kappa shape index (κ2) is 4.74. The average Bonchev–Trinajstić information content (AvgIpc) is 2.57. The quantitative estimate of drug-likeness (QED) is 0.686. The molecule has 0 atom stereocenters. The summed E-state index contributed by atoms with van der Waals surface area (Å²) < 4.78 is 0. The minimum absolute atomic E-state index is 0.297. The molecule has 2 aromatic heterocycles. The zero-order valence-electron chi connectivity index (χ0n) is 10.9. The van der Waals surface area contributed by atoms with Crippen molar-refractivity contribution in [1.82, 2.24) is 9.97 Å². The third-order valence-electron chi connectivity index (χ3n) is 3.25. The number of aliphatic hydroxyl groups excluding tert-OH is 1. The number of hydrogen-bond donors (Lipinski definition) is 1. The molecule has 0 amide bonds. The summed E-state index contributed by atoms with van der Waals surface area (Å²) in [6, 6.07) is 7.31. The van der Waals surface area contributed by atoms with Crippen LogP contribution in [0.15, 0.2) is 47.7 Å². The number of hydrogen-bond acceptors (Lipinski definition) is 4. The number of nitrogens with zero attached hydrogens (tertiary/aromatic N) is 2. The van der Waals surface area contributed by atoms with Gasteiger partial charge in [0, 0.05) is 23.2 Å². The van der Waals surface area contributed by atoms with Crippen molar-refractivity contribution in [2.24, 2.45) is 0 Å². The van der Waals surface area contributed by atoms with Gasteiger partial charge in [-0.1, -0.05) is 11.6 Å². The van der Waals surface area contributed by atoms with Crippen molar-refractivity contribution in [2.45, 2.75) is 6.92 Å². The van der Waals surface area contributed by atoms with Crippen molar-refractivity contribution in [1.29, 1.82) is 0 Å². The molecule has 1 aromatic carbocycles. The Morgan fingerprint density at radius 3 is 2.80 bits per heavy atom. The summed E-state index contributed by atoms with van der Waals surface area (Å²) in [5.74, 6) is 0. The number of pyridine rings is 1. The predicted molar refractivity (Wildman–Crippen MR) is 79.7 cm³/mol. The Kier molecular flexibility index (Phi) is 2.91. The van der Waals surface area contributed by atoms with Gasteiger partial charge in [0.2, 0.25) is 0 Å². The fraction of sp³-hybridized carbons (Fsp3) is 0.0625. The number of aliphatic hydroxyl groups is 1. The Bertz CT molecular complexity index is 902. The lowest BCUT2D eigenvalue weighted by atomic mass is 10.0. The van der Waals surface area contributed by atoms with Crippen molar-refractivity contribution >= 4 is 27.8 Å². The summed E-state index contributed by atoms with van der Waals surface area (Å²) in [6.07, 6.45) is 5.71. The van der Waals surface area contributed by atoms with E-state index in [1.54, 1.807) is 24.5 Å². The molecule has 0 bridgehead atoms. The molecule has 2 heterocycles.